The van der Waals surface area contributed by atoms with Crippen LogP contribution >= 0.6 is 0 Å². The first-order valence-electron chi connectivity index (χ1n) is 20.6. The third kappa shape index (κ3) is 10.7. The van der Waals surface area contributed by atoms with E-state index >= 15 is 0 Å². The molecular weight excluding hydrogens is 912 g/mol. The first kappa shape index (κ1) is 50.6. The molecule has 0 unspecified atom stereocenters. The number of rotatable bonds is 17. The number of carbonyl (C=O) groups is 1. The van der Waals surface area contributed by atoms with Gasteiger partial charge in [-0.3, -0.25) is 0 Å². The number of hydrogen-bond acceptors (Lipinski definition) is 27. The van der Waals surface area contributed by atoms with E-state index in [0.717, 1.165) is 9.36 Å². The van der Waals surface area contributed by atoms with Crippen LogP contribution < -0.4 is 9.47 Å². The molecule has 15 N–H and O–H groups in total. The summed E-state index contributed by atoms with van der Waals surface area (Å²) in [5.41, 5.74) is -0.0399. The van der Waals surface area contributed by atoms with Gasteiger partial charge >= 0.3 is 5.97 Å². The topological polar surface area (TPSA) is 456 Å². The second kappa shape index (κ2) is 21.6. The monoisotopic (exact) mass is 964 g/mol. The van der Waals surface area contributed by atoms with Crippen LogP contribution in [0.15, 0.2) is 30.6 Å². The lowest BCUT2D eigenvalue weighted by Gasteiger charge is -2.45. The van der Waals surface area contributed by atoms with Gasteiger partial charge in [0.2, 0.25) is 0 Å². The van der Waals surface area contributed by atoms with Gasteiger partial charge in [-0.1, -0.05) is 10.4 Å². The van der Waals surface area contributed by atoms with Crippen molar-refractivity contribution in [1.82, 2.24) is 30.0 Å². The van der Waals surface area contributed by atoms with Gasteiger partial charge in [0, 0.05) is 6.07 Å². The minimum absolute atomic E-state index is 0.0192. The van der Waals surface area contributed by atoms with E-state index < -0.39 is 155 Å². The largest absolute Gasteiger partial charge is 0.487 e. The molecule has 6 heterocycles. The summed E-state index contributed by atoms with van der Waals surface area (Å²) in [6.07, 6.45) is -30.4. The van der Waals surface area contributed by atoms with Gasteiger partial charge in [-0.25, -0.2) is 14.2 Å². The molecule has 30 nitrogen and oxygen atoms in total. The molecule has 0 spiro atoms. The molecule has 2 aromatic heterocycles. The molecule has 0 radical (unpaired) electrons. The molecule has 0 aliphatic carbocycles. The van der Waals surface area contributed by atoms with Crippen LogP contribution in [0.4, 0.5) is 0 Å². The number of nitrogens with zero attached hydrogens (tertiary/aromatic N) is 6. The van der Waals surface area contributed by atoms with Crippen LogP contribution in [0.5, 0.6) is 11.5 Å². The van der Waals surface area contributed by atoms with E-state index in [-0.39, 0.29) is 41.7 Å². The van der Waals surface area contributed by atoms with E-state index in [2.05, 4.69) is 20.6 Å². The van der Waals surface area contributed by atoms with Crippen LogP contribution in [-0.2, 0) is 41.6 Å². The molecular formula is C37H52N6O24. The maximum Gasteiger partial charge on any atom is 0.335 e. The van der Waals surface area contributed by atoms with Crippen LogP contribution in [0.3, 0.4) is 0 Å². The summed E-state index contributed by atoms with van der Waals surface area (Å²) < 4.78 is 46.9. The van der Waals surface area contributed by atoms with E-state index in [4.69, 9.17) is 37.9 Å². The van der Waals surface area contributed by atoms with Gasteiger partial charge in [0.1, 0.15) is 134 Å². The Morgan fingerprint density at radius 3 is 1.25 bits per heavy atom. The number of carboxylic acids is 1. The first-order chi connectivity index (χ1) is 32.0. The third-order valence-electron chi connectivity index (χ3n) is 11.5. The van der Waals surface area contributed by atoms with Crippen molar-refractivity contribution < 1.29 is 119 Å². The van der Waals surface area contributed by atoms with Gasteiger partial charge < -0.3 is 114 Å². The van der Waals surface area contributed by atoms with Crippen molar-refractivity contribution in [1.29, 1.82) is 0 Å². The zero-order valence-corrected chi connectivity index (χ0v) is 34.7. The summed E-state index contributed by atoms with van der Waals surface area (Å²) in [5.74, 6) is -1.39. The van der Waals surface area contributed by atoms with E-state index in [1.807, 2.05) is 0 Å². The van der Waals surface area contributed by atoms with Gasteiger partial charge in [-0.05, 0) is 12.1 Å². The zero-order valence-electron chi connectivity index (χ0n) is 34.7. The molecule has 4 saturated heterocycles. The van der Waals surface area contributed by atoms with Crippen LogP contribution in [0.2, 0.25) is 0 Å². The van der Waals surface area contributed by atoms with Crippen LogP contribution in [-0.4, -0.2) is 249 Å². The lowest BCUT2D eigenvalue weighted by molar-refractivity contribution is -0.347. The minimum Gasteiger partial charge on any atom is -0.487 e. The van der Waals surface area contributed by atoms with Crippen LogP contribution in [0, 0.1) is 0 Å². The highest BCUT2D eigenvalue weighted by Crippen LogP contribution is 2.35. The number of ether oxygens (including phenoxy) is 8. The minimum atomic E-state index is -1.85. The van der Waals surface area contributed by atoms with Crippen molar-refractivity contribution in [3.63, 3.8) is 0 Å². The van der Waals surface area contributed by atoms with Crippen molar-refractivity contribution in [2.24, 2.45) is 0 Å². The molecule has 3 aromatic rings. The molecule has 20 atom stereocenters. The fourth-order valence-corrected chi connectivity index (χ4v) is 7.76. The summed E-state index contributed by atoms with van der Waals surface area (Å²) in [7, 11) is 0. The highest BCUT2D eigenvalue weighted by molar-refractivity contribution is 5.88. The summed E-state index contributed by atoms with van der Waals surface area (Å²) in [5, 5.41) is 170. The van der Waals surface area contributed by atoms with Crippen LogP contribution in [0.1, 0.15) is 34.2 Å². The van der Waals surface area contributed by atoms with E-state index in [9.17, 15) is 81.4 Å². The van der Waals surface area contributed by atoms with Crippen molar-refractivity contribution in [2.45, 2.75) is 136 Å². The highest BCUT2D eigenvalue weighted by atomic mass is 16.7. The zero-order chi connectivity index (χ0) is 48.4. The Bertz CT molecular complexity index is 1950. The molecule has 4 fully saturated rings. The standard InChI is InChI=1S/C37H52N6O24/c44-6-17-21(48)23(50)29(56)36(64-17)66-31-19(8-46)62-33(27(54)25(31)52)42-4-13(38-40-42)10-60-15-1-12(35(58)59)2-16(3-15)61-11-14-5-43(41-39-14)34-28(55)26(53)32(20(9-47)63-34)67-37-30(57)24(51)22(49)18(7-45)65-37/h1-5,17-34,36-37,44-57H,6-11H2,(H,58,59)/t17-,18-,19-,20-,21+,22+,23+,24+,25-,26-,27-,28-,29-,30-,31+,32+,33-,34-,36-,37-/m1/s1. The Labute approximate surface area is 376 Å². The van der Waals surface area contributed by atoms with Crippen molar-refractivity contribution in [3.05, 3.63) is 47.5 Å². The van der Waals surface area contributed by atoms with Gasteiger partial charge in [0.25, 0.3) is 0 Å². The van der Waals surface area contributed by atoms with Crippen molar-refractivity contribution in [2.75, 3.05) is 26.4 Å². The Balaban J connectivity index is 0.953. The van der Waals surface area contributed by atoms with Gasteiger partial charge in [0.15, 0.2) is 25.0 Å². The molecule has 30 heteroatoms. The van der Waals surface area contributed by atoms with Crippen molar-refractivity contribution >= 4 is 5.97 Å². The summed E-state index contributed by atoms with van der Waals surface area (Å²) in [4.78, 5) is 12.0. The lowest BCUT2D eigenvalue weighted by Crippen LogP contribution is -2.63. The third-order valence-corrected chi connectivity index (χ3v) is 11.5. The Hall–Kier alpha value is -4.23. The second-order valence-electron chi connectivity index (χ2n) is 16.0. The van der Waals surface area contributed by atoms with E-state index in [1.54, 1.807) is 0 Å². The number of aromatic carboxylic acids is 1. The average Bonchev–Trinajstić information content (AvgIpc) is 4.01. The van der Waals surface area contributed by atoms with Crippen LogP contribution in [0.25, 0.3) is 0 Å². The lowest BCUT2D eigenvalue weighted by atomic mass is 9.96. The van der Waals surface area contributed by atoms with Gasteiger partial charge in [-0.2, -0.15) is 0 Å². The summed E-state index contributed by atoms with van der Waals surface area (Å²) in [6.45, 7) is -3.79. The molecule has 67 heavy (non-hydrogen) atoms. The summed E-state index contributed by atoms with van der Waals surface area (Å²) in [6, 6.07) is 3.70. The predicted octanol–water partition coefficient (Wildman–Crippen LogP) is -8.68. The fraction of sp³-hybridized carbons (Fsp3) is 0.703. The maximum absolute atomic E-state index is 12.0. The smallest absolute Gasteiger partial charge is 0.335 e. The quantitative estimate of drug-likeness (QED) is 0.0597. The molecule has 4 aliphatic heterocycles. The predicted molar refractivity (Wildman–Crippen MR) is 205 cm³/mol. The number of aliphatic hydroxyl groups is 14. The molecule has 4 aliphatic rings. The normalized spacial score (nSPS) is 39.3. The Morgan fingerprint density at radius 2 is 0.896 bits per heavy atom. The summed E-state index contributed by atoms with van der Waals surface area (Å²) >= 11 is 0. The van der Waals surface area contributed by atoms with Gasteiger partial charge in [0.05, 0.1) is 44.4 Å². The molecule has 0 saturated carbocycles. The van der Waals surface area contributed by atoms with Gasteiger partial charge in [-0.15, -0.1) is 10.2 Å². The number of hydrogen-bond donors (Lipinski definition) is 15. The number of aliphatic hydroxyl groups excluding tert-OH is 14. The van der Waals surface area contributed by atoms with Crippen molar-refractivity contribution in [3.8, 4) is 11.5 Å². The Kier molecular flexibility index (Phi) is 16.3. The molecule has 0 amide bonds. The second-order valence-corrected chi connectivity index (χ2v) is 16.0. The number of carboxylic acid groups (broad SMARTS) is 1. The Morgan fingerprint density at radius 1 is 0.507 bits per heavy atom. The molecule has 0 bridgehead atoms. The van der Waals surface area contributed by atoms with E-state index in [0.29, 0.717) is 0 Å². The molecule has 374 valence electrons. The fourth-order valence-electron chi connectivity index (χ4n) is 7.76. The maximum atomic E-state index is 12.0. The first-order valence-corrected chi connectivity index (χ1v) is 20.6. The van der Waals surface area contributed by atoms with E-state index in [1.165, 1.54) is 30.6 Å². The number of aromatic nitrogens is 6. The number of benzene rings is 1. The highest BCUT2D eigenvalue weighted by Gasteiger charge is 2.53. The molecule has 7 rings (SSSR count). The average molecular weight is 965 g/mol. The molecule has 1 aromatic carbocycles. The SMILES string of the molecule is O=C(O)c1cc(OCc2cn([C@@H]3O[C@H](CO)[C@H](O[C@H]4O[C@H](CO)[C@H](O)[C@H](O)[C@H]4O)[C@H](O)[C@H]3O)nn2)cc(OCc2cn([C@@H]3O[C@H](CO)[C@H](O[C@H]4O[C@H](CO)[C@H](O)[C@H](O)[C@H]4O)[C@H](O)[C@H]3O)nn2)c1.